The molecule has 138 valence electrons. The van der Waals surface area contributed by atoms with Gasteiger partial charge in [0.15, 0.2) is 5.13 Å². The first kappa shape index (κ1) is 18.5. The highest BCUT2D eigenvalue weighted by molar-refractivity contribution is 7.16. The number of rotatable bonds is 2. The van der Waals surface area contributed by atoms with E-state index in [0.717, 1.165) is 30.1 Å². The largest absolute Gasteiger partial charge is 0.318 e. The lowest BCUT2D eigenvalue weighted by Gasteiger charge is -2.20. The Bertz CT molecular complexity index is 821. The lowest BCUT2D eigenvalue weighted by molar-refractivity contribution is -0.132. The van der Waals surface area contributed by atoms with E-state index in [9.17, 15) is 9.59 Å². The van der Waals surface area contributed by atoms with Crippen LogP contribution in [0.2, 0.25) is 0 Å². The molecular formula is C19H24N4O2S. The summed E-state index contributed by atoms with van der Waals surface area (Å²) in [5.41, 5.74) is 2.82. The van der Waals surface area contributed by atoms with Gasteiger partial charge in [-0.1, -0.05) is 32.9 Å². The molecule has 6 nitrogen and oxygen atoms in total. The van der Waals surface area contributed by atoms with Crippen LogP contribution in [0, 0.1) is 0 Å². The summed E-state index contributed by atoms with van der Waals surface area (Å²) in [5, 5.41) is 5.71. The van der Waals surface area contributed by atoms with Crippen molar-refractivity contribution in [1.82, 2.24) is 9.88 Å². The van der Waals surface area contributed by atoms with Crippen LogP contribution in [0.1, 0.15) is 36.9 Å². The molecule has 0 unspecified atom stereocenters. The third-order valence-electron chi connectivity index (χ3n) is 4.36. The average molecular weight is 372 g/mol. The van der Waals surface area contributed by atoms with Crippen LogP contribution < -0.4 is 10.6 Å². The second kappa shape index (κ2) is 7.17. The summed E-state index contributed by atoms with van der Waals surface area (Å²) in [6, 6.07) is 7.53. The standard InChI is InChI=1S/C19H24N4O2S/c1-19(2,3)12-5-7-13(8-6-12)20-16(24)17(25)22-18-21-14-9-10-23(4)11-15(14)26-18/h5-8H,9-11H2,1-4H3,(H,20,24)(H,21,22,25). The number of amides is 2. The van der Waals surface area contributed by atoms with E-state index in [0.29, 0.717) is 10.8 Å². The number of hydrogen-bond acceptors (Lipinski definition) is 5. The monoisotopic (exact) mass is 372 g/mol. The fourth-order valence-corrected chi connectivity index (χ4v) is 3.86. The molecule has 1 aromatic carbocycles. The van der Waals surface area contributed by atoms with E-state index in [1.807, 2.05) is 24.3 Å². The molecule has 1 aliphatic heterocycles. The van der Waals surface area contributed by atoms with Crippen LogP contribution >= 0.6 is 11.3 Å². The van der Waals surface area contributed by atoms with Gasteiger partial charge in [-0.15, -0.1) is 11.3 Å². The van der Waals surface area contributed by atoms with Gasteiger partial charge in [-0.3, -0.25) is 14.9 Å². The third-order valence-corrected chi connectivity index (χ3v) is 5.36. The molecule has 0 radical (unpaired) electrons. The van der Waals surface area contributed by atoms with E-state index >= 15 is 0 Å². The van der Waals surface area contributed by atoms with E-state index in [1.165, 1.54) is 16.9 Å². The Morgan fingerprint density at radius 1 is 1.12 bits per heavy atom. The van der Waals surface area contributed by atoms with Gasteiger partial charge in [0.25, 0.3) is 0 Å². The third kappa shape index (κ3) is 4.28. The number of aromatic nitrogens is 1. The van der Waals surface area contributed by atoms with E-state index < -0.39 is 11.8 Å². The number of carbonyl (C=O) groups is 2. The number of fused-ring (bicyclic) bond motifs is 1. The van der Waals surface area contributed by atoms with E-state index in [-0.39, 0.29) is 5.41 Å². The van der Waals surface area contributed by atoms with Gasteiger partial charge in [-0.25, -0.2) is 4.98 Å². The highest BCUT2D eigenvalue weighted by Crippen LogP contribution is 2.28. The summed E-state index contributed by atoms with van der Waals surface area (Å²) in [5.74, 6) is -1.40. The van der Waals surface area contributed by atoms with Crippen LogP contribution in [0.15, 0.2) is 24.3 Å². The van der Waals surface area contributed by atoms with Crippen molar-refractivity contribution in [2.75, 3.05) is 24.2 Å². The molecule has 1 aromatic heterocycles. The maximum absolute atomic E-state index is 12.2. The summed E-state index contributed by atoms with van der Waals surface area (Å²) in [6.07, 6.45) is 0.866. The summed E-state index contributed by atoms with van der Waals surface area (Å²) in [7, 11) is 2.05. The quantitative estimate of drug-likeness (QED) is 0.795. The highest BCUT2D eigenvalue weighted by atomic mass is 32.1. The van der Waals surface area contributed by atoms with Gasteiger partial charge in [-0.05, 0) is 30.2 Å². The molecule has 0 saturated carbocycles. The minimum Gasteiger partial charge on any atom is -0.318 e. The molecule has 0 saturated heterocycles. The van der Waals surface area contributed by atoms with Crippen LogP contribution in [0.25, 0.3) is 0 Å². The van der Waals surface area contributed by atoms with Gasteiger partial charge in [0, 0.05) is 30.1 Å². The predicted octanol–water partition coefficient (Wildman–Crippen LogP) is 3.01. The SMILES string of the molecule is CN1CCc2nc(NC(=O)C(=O)Nc3ccc(C(C)(C)C)cc3)sc2C1. The molecular weight excluding hydrogens is 348 g/mol. The number of nitrogens with zero attached hydrogens (tertiary/aromatic N) is 2. The van der Waals surface area contributed by atoms with Crippen molar-refractivity contribution < 1.29 is 9.59 Å². The lowest BCUT2D eigenvalue weighted by atomic mass is 9.87. The number of nitrogens with one attached hydrogen (secondary N) is 2. The zero-order chi connectivity index (χ0) is 18.9. The number of anilines is 2. The minimum absolute atomic E-state index is 0.0396. The lowest BCUT2D eigenvalue weighted by Crippen LogP contribution is -2.29. The van der Waals surface area contributed by atoms with Crippen LogP contribution in [0.5, 0.6) is 0 Å². The Hall–Kier alpha value is -2.25. The molecule has 2 heterocycles. The number of likely N-dealkylation sites (N-methyl/N-ethyl adjacent to an activating group) is 1. The van der Waals surface area contributed by atoms with Crippen LogP contribution in [-0.2, 0) is 28.0 Å². The smallest absolute Gasteiger partial charge is 0.315 e. The van der Waals surface area contributed by atoms with Crippen molar-refractivity contribution in [2.24, 2.45) is 0 Å². The van der Waals surface area contributed by atoms with Crippen LogP contribution in [0.4, 0.5) is 10.8 Å². The minimum atomic E-state index is -0.704. The van der Waals surface area contributed by atoms with Crippen molar-refractivity contribution in [3.8, 4) is 0 Å². The molecule has 3 rings (SSSR count). The van der Waals surface area contributed by atoms with Crippen LogP contribution in [-0.4, -0.2) is 35.3 Å². The summed E-state index contributed by atoms with van der Waals surface area (Å²) in [4.78, 5) is 32.1. The number of benzene rings is 1. The van der Waals surface area contributed by atoms with Crippen molar-refractivity contribution in [1.29, 1.82) is 0 Å². The molecule has 0 aliphatic carbocycles. The molecule has 0 bridgehead atoms. The number of carbonyl (C=O) groups excluding carboxylic acids is 2. The Kier molecular flexibility index (Phi) is 5.11. The Morgan fingerprint density at radius 2 is 1.77 bits per heavy atom. The average Bonchev–Trinajstić information content (AvgIpc) is 2.95. The molecule has 2 aromatic rings. The second-order valence-electron chi connectivity index (χ2n) is 7.61. The molecule has 0 spiro atoms. The van der Waals surface area contributed by atoms with Crippen molar-refractivity contribution in [3.05, 3.63) is 40.4 Å². The Morgan fingerprint density at radius 3 is 2.42 bits per heavy atom. The van der Waals surface area contributed by atoms with Gasteiger partial charge in [0.2, 0.25) is 0 Å². The Labute approximate surface area is 157 Å². The number of hydrogen-bond donors (Lipinski definition) is 2. The molecule has 7 heteroatoms. The van der Waals surface area contributed by atoms with Gasteiger partial charge >= 0.3 is 11.8 Å². The van der Waals surface area contributed by atoms with E-state index in [2.05, 4.69) is 48.3 Å². The molecule has 26 heavy (non-hydrogen) atoms. The van der Waals surface area contributed by atoms with Crippen LogP contribution in [0.3, 0.4) is 0 Å². The van der Waals surface area contributed by atoms with E-state index in [4.69, 9.17) is 0 Å². The molecule has 0 fully saturated rings. The topological polar surface area (TPSA) is 74.3 Å². The van der Waals surface area contributed by atoms with Crippen molar-refractivity contribution in [3.63, 3.8) is 0 Å². The molecule has 2 N–H and O–H groups in total. The second-order valence-corrected chi connectivity index (χ2v) is 8.70. The van der Waals surface area contributed by atoms with Gasteiger partial charge in [0.05, 0.1) is 5.69 Å². The molecule has 0 atom stereocenters. The fourth-order valence-electron chi connectivity index (χ4n) is 2.77. The van der Waals surface area contributed by atoms with Crippen molar-refractivity contribution in [2.45, 2.75) is 39.2 Å². The molecule has 2 amide bonds. The summed E-state index contributed by atoms with van der Waals surface area (Å²) in [6.45, 7) is 8.16. The first-order valence-corrected chi connectivity index (χ1v) is 9.44. The number of thiazole rings is 1. The first-order chi connectivity index (χ1) is 12.2. The summed E-state index contributed by atoms with van der Waals surface area (Å²) >= 11 is 1.43. The van der Waals surface area contributed by atoms with Gasteiger partial charge in [0.1, 0.15) is 0 Å². The van der Waals surface area contributed by atoms with Gasteiger partial charge in [-0.2, -0.15) is 0 Å². The zero-order valence-electron chi connectivity index (χ0n) is 15.5. The predicted molar refractivity (Wildman–Crippen MR) is 105 cm³/mol. The maximum Gasteiger partial charge on any atom is 0.315 e. The highest BCUT2D eigenvalue weighted by Gasteiger charge is 2.21. The fraction of sp³-hybridized carbons (Fsp3) is 0.421. The maximum atomic E-state index is 12.2. The Balaban J connectivity index is 1.61. The summed E-state index contributed by atoms with van der Waals surface area (Å²) < 4.78 is 0. The molecule has 1 aliphatic rings. The normalized spacial score (nSPS) is 14.6. The van der Waals surface area contributed by atoms with E-state index in [1.54, 1.807) is 0 Å². The van der Waals surface area contributed by atoms with Crippen molar-refractivity contribution >= 4 is 34.0 Å². The zero-order valence-corrected chi connectivity index (χ0v) is 16.4. The van der Waals surface area contributed by atoms with Gasteiger partial charge < -0.3 is 10.2 Å². The first-order valence-electron chi connectivity index (χ1n) is 8.62.